The molecule has 3 N–H and O–H groups in total. The van der Waals surface area contributed by atoms with Crippen LogP contribution in [0.15, 0.2) is 61.1 Å². The van der Waals surface area contributed by atoms with Gasteiger partial charge >= 0.3 is 6.03 Å². The highest BCUT2D eigenvalue weighted by Crippen LogP contribution is 2.34. The van der Waals surface area contributed by atoms with Gasteiger partial charge in [-0.2, -0.15) is 9.49 Å². The molecule has 3 saturated heterocycles. The Morgan fingerprint density at radius 1 is 0.831 bits per heavy atom. The maximum Gasteiger partial charge on any atom is 0.328 e. The summed E-state index contributed by atoms with van der Waals surface area (Å²) in [5.74, 6) is -6.33. The second-order valence-electron chi connectivity index (χ2n) is 17.4. The lowest BCUT2D eigenvalue weighted by Crippen LogP contribution is -2.50. The van der Waals surface area contributed by atoms with Crippen molar-refractivity contribution in [1.82, 2.24) is 40.2 Å². The number of piperazine rings is 1. The third-order valence-electron chi connectivity index (χ3n) is 13.2. The average molecular weight is 913 g/mol. The smallest absolute Gasteiger partial charge is 0.328 e. The number of carbonyl (C=O) groups is 4. The minimum Gasteiger partial charge on any atom is -0.503 e. The van der Waals surface area contributed by atoms with Crippen LogP contribution in [0.25, 0.3) is 22.0 Å². The Kier molecular flexibility index (Phi) is 12.6. The lowest BCUT2D eigenvalue weighted by molar-refractivity contribution is -0.120. The number of aromatic hydroxyl groups is 1. The quantitative estimate of drug-likeness (QED) is 0.131. The van der Waals surface area contributed by atoms with E-state index in [-0.39, 0.29) is 43.3 Å². The molecule has 5 heterocycles. The summed E-state index contributed by atoms with van der Waals surface area (Å²) < 4.78 is 43.6. The third-order valence-corrected chi connectivity index (χ3v) is 13.5. The summed E-state index contributed by atoms with van der Waals surface area (Å²) in [6, 6.07) is 11.2. The number of rotatable bonds is 10. The molecule has 0 radical (unpaired) electrons. The number of nitrogens with zero attached hydrogens (tertiary/aromatic N) is 8. The zero-order valence-electron chi connectivity index (χ0n) is 35.5. The highest BCUT2D eigenvalue weighted by atomic mass is 35.5. The van der Waals surface area contributed by atoms with Crippen LogP contribution in [0.1, 0.15) is 71.7 Å². The van der Waals surface area contributed by atoms with E-state index in [9.17, 15) is 37.5 Å². The van der Waals surface area contributed by atoms with E-state index in [1.807, 2.05) is 46.4 Å². The Morgan fingerprint density at radius 3 is 2.29 bits per heavy atom. The number of urea groups is 1. The topological polar surface area (TPSA) is 169 Å². The number of imide groups is 1. The molecule has 9 rings (SSSR count). The van der Waals surface area contributed by atoms with Gasteiger partial charge in [-0.1, -0.05) is 23.7 Å². The van der Waals surface area contributed by atoms with Crippen molar-refractivity contribution in [3.8, 4) is 16.9 Å². The van der Waals surface area contributed by atoms with E-state index in [1.54, 1.807) is 18.2 Å². The van der Waals surface area contributed by atoms with Gasteiger partial charge in [-0.3, -0.25) is 34.2 Å². The zero-order chi connectivity index (χ0) is 45.4. The van der Waals surface area contributed by atoms with Crippen LogP contribution in [0.4, 0.5) is 29.6 Å². The monoisotopic (exact) mass is 912 g/mol. The number of fused-ring (bicyclic) bond motifs is 1. The second-order valence-corrected chi connectivity index (χ2v) is 17.8. The third kappa shape index (κ3) is 9.45. The van der Waals surface area contributed by atoms with E-state index >= 15 is 0 Å². The summed E-state index contributed by atoms with van der Waals surface area (Å²) in [4.78, 5) is 67.4. The van der Waals surface area contributed by atoms with Gasteiger partial charge in [0, 0.05) is 100 Å². The number of piperidine rings is 1. The number of aromatic nitrogens is 4. The highest BCUT2D eigenvalue weighted by Gasteiger charge is 2.31. The summed E-state index contributed by atoms with van der Waals surface area (Å²) >= 11 is 6.40. The van der Waals surface area contributed by atoms with Crippen LogP contribution in [-0.2, 0) is 4.79 Å². The largest absolute Gasteiger partial charge is 0.503 e. The van der Waals surface area contributed by atoms with Crippen molar-refractivity contribution in [2.45, 2.75) is 51.0 Å². The molecule has 15 nitrogen and oxygen atoms in total. The van der Waals surface area contributed by atoms with Gasteiger partial charge < -0.3 is 20.2 Å². The summed E-state index contributed by atoms with van der Waals surface area (Å²) in [5, 5.41) is 20.4. The van der Waals surface area contributed by atoms with Gasteiger partial charge in [-0.05, 0) is 86.3 Å². The molecule has 65 heavy (non-hydrogen) atoms. The Labute approximate surface area is 377 Å². The second kappa shape index (κ2) is 18.7. The number of benzene rings is 3. The number of nitrogens with one attached hydrogen (secondary N) is 2. The van der Waals surface area contributed by atoms with Gasteiger partial charge in [0.25, 0.3) is 11.8 Å². The van der Waals surface area contributed by atoms with Gasteiger partial charge in [0.05, 0.1) is 27.8 Å². The van der Waals surface area contributed by atoms with E-state index in [2.05, 4.69) is 20.4 Å². The molecule has 19 heteroatoms. The number of likely N-dealkylation sites (tertiary alicyclic amines) is 1. The number of hydrogen-bond acceptors (Lipinski definition) is 10. The summed E-state index contributed by atoms with van der Waals surface area (Å²) in [6.07, 6.45) is 10.9. The molecule has 0 atom stereocenters. The first-order chi connectivity index (χ1) is 31.4. The SMILES string of the molecule is O=C1CCN(c2cc(C(=O)N3CCC(CN4CCN(c5ncc(-c6ccc7cn(C8CCC(CNC(=O)c9cc(F)c(O)c(F)c9F)CC8)nc7c6)cn5)CC4)CC3)ccc2Cl)C(=O)N1. The number of hydrogen-bond donors (Lipinski definition) is 3. The molecular weight excluding hydrogens is 865 g/mol. The molecule has 5 amide bonds. The Morgan fingerprint density at radius 2 is 1.57 bits per heavy atom. The molecular formula is C46H48ClF3N10O5. The van der Waals surface area contributed by atoms with Crippen molar-refractivity contribution in [3.63, 3.8) is 0 Å². The van der Waals surface area contributed by atoms with E-state index in [0.29, 0.717) is 47.3 Å². The number of phenols is 1. The molecule has 0 spiro atoms. The molecule has 4 aliphatic rings. The maximum atomic E-state index is 14.2. The van der Waals surface area contributed by atoms with Crippen LogP contribution < -0.4 is 20.4 Å². The molecule has 3 aromatic carbocycles. The first kappa shape index (κ1) is 44.0. The molecule has 0 unspecified atom stereocenters. The Bertz CT molecular complexity index is 2630. The fourth-order valence-electron chi connectivity index (χ4n) is 9.38. The minimum absolute atomic E-state index is 0.0990. The van der Waals surface area contributed by atoms with Crippen molar-refractivity contribution < 1.29 is 37.5 Å². The highest BCUT2D eigenvalue weighted by molar-refractivity contribution is 6.34. The minimum atomic E-state index is -1.79. The zero-order valence-corrected chi connectivity index (χ0v) is 36.2. The number of anilines is 2. The number of amides is 5. The van der Waals surface area contributed by atoms with E-state index in [4.69, 9.17) is 26.7 Å². The molecule has 5 aromatic rings. The Balaban J connectivity index is 0.718. The molecule has 4 fully saturated rings. The van der Waals surface area contributed by atoms with Gasteiger partial charge in [-0.15, -0.1) is 0 Å². The van der Waals surface area contributed by atoms with E-state index < -0.39 is 40.7 Å². The predicted octanol–water partition coefficient (Wildman–Crippen LogP) is 6.55. The van der Waals surface area contributed by atoms with Crippen LogP contribution in [-0.4, -0.2) is 117 Å². The standard InChI is InChI=1S/C46H48ClF3N10O5/c47-35-8-5-30(20-38(35)59-14-11-39(61)54-46(59)65)44(64)57-12-9-28(10-13-57)25-56-15-17-58(18-16-56)45-52-23-32(24-53-45)29-3-4-31-26-60(55-37(31)19-29)33-6-1-27(2-7-33)22-51-43(63)34-21-36(48)42(62)41(50)40(34)49/h3-5,8,19-21,23-24,26-28,33,62H,1-2,6-7,9-18,22,25H2,(H,51,63)(H,54,61,65). The molecule has 0 bridgehead atoms. The lowest BCUT2D eigenvalue weighted by atomic mass is 9.86. The average Bonchev–Trinajstić information content (AvgIpc) is 3.76. The first-order valence-corrected chi connectivity index (χ1v) is 22.4. The van der Waals surface area contributed by atoms with Crippen molar-refractivity contribution in [2.24, 2.45) is 11.8 Å². The van der Waals surface area contributed by atoms with Crippen molar-refractivity contribution in [1.29, 1.82) is 0 Å². The summed E-state index contributed by atoms with van der Waals surface area (Å²) in [6.45, 7) is 6.07. The van der Waals surface area contributed by atoms with Crippen molar-refractivity contribution in [2.75, 3.05) is 68.7 Å². The van der Waals surface area contributed by atoms with Gasteiger partial charge in [0.1, 0.15) is 0 Å². The first-order valence-electron chi connectivity index (χ1n) is 22.0. The Hall–Kier alpha value is -6.27. The predicted molar refractivity (Wildman–Crippen MR) is 236 cm³/mol. The van der Waals surface area contributed by atoms with Crippen LogP contribution >= 0.6 is 11.6 Å². The lowest BCUT2D eigenvalue weighted by Gasteiger charge is -2.39. The van der Waals surface area contributed by atoms with Crippen LogP contribution in [0.5, 0.6) is 5.75 Å². The fraction of sp³-hybridized carbons (Fsp3) is 0.413. The van der Waals surface area contributed by atoms with E-state index in [0.717, 1.165) is 93.3 Å². The number of carbonyl (C=O) groups excluding carboxylic acids is 4. The van der Waals surface area contributed by atoms with Crippen molar-refractivity contribution in [3.05, 3.63) is 94.7 Å². The summed E-state index contributed by atoms with van der Waals surface area (Å²) in [7, 11) is 0. The molecule has 3 aliphatic heterocycles. The molecule has 340 valence electrons. The normalized spacial score (nSPS) is 20.0. The molecule has 1 aliphatic carbocycles. The van der Waals surface area contributed by atoms with Gasteiger partial charge in [-0.25, -0.2) is 23.5 Å². The number of halogens is 4. The fourth-order valence-corrected chi connectivity index (χ4v) is 9.59. The van der Waals surface area contributed by atoms with Crippen LogP contribution in [0.2, 0.25) is 5.02 Å². The number of phenolic OH excluding ortho intramolecular Hbond substituents is 1. The van der Waals surface area contributed by atoms with Crippen molar-refractivity contribution >= 4 is 57.9 Å². The molecule has 1 saturated carbocycles. The van der Waals surface area contributed by atoms with Gasteiger partial charge in [0.2, 0.25) is 17.7 Å². The summed E-state index contributed by atoms with van der Waals surface area (Å²) in [5.41, 5.74) is 2.79. The maximum absolute atomic E-state index is 14.2. The van der Waals surface area contributed by atoms with E-state index in [1.165, 1.54) is 4.90 Å². The molecule has 2 aromatic heterocycles. The van der Waals surface area contributed by atoms with Crippen LogP contribution in [0.3, 0.4) is 0 Å². The van der Waals surface area contributed by atoms with Gasteiger partial charge in [0.15, 0.2) is 17.4 Å². The van der Waals surface area contributed by atoms with Crippen LogP contribution in [0, 0.1) is 29.3 Å².